The van der Waals surface area contributed by atoms with E-state index in [1.165, 1.54) is 0 Å². The lowest BCUT2D eigenvalue weighted by Crippen LogP contribution is -2.48. The van der Waals surface area contributed by atoms with E-state index in [1.807, 2.05) is 45.9 Å². The van der Waals surface area contributed by atoms with Crippen molar-refractivity contribution in [3.63, 3.8) is 0 Å². The van der Waals surface area contributed by atoms with E-state index >= 15 is 0 Å². The van der Waals surface area contributed by atoms with Crippen molar-refractivity contribution in [3.05, 3.63) is 23.8 Å². The van der Waals surface area contributed by atoms with Crippen molar-refractivity contribution in [2.24, 2.45) is 0 Å². The van der Waals surface area contributed by atoms with Gasteiger partial charge in [0.1, 0.15) is 13.2 Å². The molecule has 1 aromatic carbocycles. The van der Waals surface area contributed by atoms with Crippen molar-refractivity contribution >= 4 is 6.03 Å². The summed E-state index contributed by atoms with van der Waals surface area (Å²) in [6, 6.07) is 5.67. The molecule has 110 valence electrons. The van der Waals surface area contributed by atoms with Crippen LogP contribution in [0.3, 0.4) is 0 Å². The zero-order valence-electron chi connectivity index (χ0n) is 12.4. The lowest BCUT2D eigenvalue weighted by molar-refractivity contribution is 0.171. The third-order valence-corrected chi connectivity index (χ3v) is 3.11. The standard InChI is InChI=1S/C15H22N2O3/c1-10(2)16-14(18)17-15(3,4)11-5-6-12-13(9-11)20-8-7-19-12/h5-6,9-10H,7-8H2,1-4H3,(H2,16,17,18). The minimum Gasteiger partial charge on any atom is -0.486 e. The maximum atomic E-state index is 11.9. The molecule has 0 aromatic heterocycles. The summed E-state index contributed by atoms with van der Waals surface area (Å²) < 4.78 is 11.1. The molecule has 1 aliphatic rings. The first kappa shape index (κ1) is 14.5. The average molecular weight is 278 g/mol. The Hall–Kier alpha value is -1.91. The molecule has 0 saturated carbocycles. The Bertz CT molecular complexity index is 498. The maximum absolute atomic E-state index is 11.9. The Labute approximate surface area is 119 Å². The molecule has 1 heterocycles. The van der Waals surface area contributed by atoms with Gasteiger partial charge in [0.2, 0.25) is 0 Å². The molecule has 0 aliphatic carbocycles. The molecule has 0 fully saturated rings. The summed E-state index contributed by atoms with van der Waals surface area (Å²) in [5.74, 6) is 1.48. The van der Waals surface area contributed by atoms with Gasteiger partial charge in [-0.3, -0.25) is 0 Å². The van der Waals surface area contributed by atoms with Gasteiger partial charge in [0.15, 0.2) is 11.5 Å². The zero-order chi connectivity index (χ0) is 14.8. The highest BCUT2D eigenvalue weighted by atomic mass is 16.6. The topological polar surface area (TPSA) is 59.6 Å². The quantitative estimate of drug-likeness (QED) is 0.892. The second-order valence-corrected chi connectivity index (χ2v) is 5.74. The molecule has 0 radical (unpaired) electrons. The molecule has 2 N–H and O–H groups in total. The highest BCUT2D eigenvalue weighted by molar-refractivity contribution is 5.75. The van der Waals surface area contributed by atoms with Crippen molar-refractivity contribution in [2.75, 3.05) is 13.2 Å². The van der Waals surface area contributed by atoms with Crippen molar-refractivity contribution in [3.8, 4) is 11.5 Å². The van der Waals surface area contributed by atoms with Gasteiger partial charge in [0.25, 0.3) is 0 Å². The second-order valence-electron chi connectivity index (χ2n) is 5.74. The number of benzene rings is 1. The Morgan fingerprint density at radius 3 is 2.50 bits per heavy atom. The van der Waals surface area contributed by atoms with Crippen LogP contribution in [0.25, 0.3) is 0 Å². The first-order valence-corrected chi connectivity index (χ1v) is 6.87. The molecule has 5 nitrogen and oxygen atoms in total. The number of rotatable bonds is 3. The van der Waals surface area contributed by atoms with Gasteiger partial charge in [0.05, 0.1) is 5.54 Å². The molecule has 2 rings (SSSR count). The van der Waals surface area contributed by atoms with Gasteiger partial charge in [-0.1, -0.05) is 6.07 Å². The van der Waals surface area contributed by atoms with Gasteiger partial charge in [0, 0.05) is 6.04 Å². The van der Waals surface area contributed by atoms with Gasteiger partial charge in [-0.2, -0.15) is 0 Å². The van der Waals surface area contributed by atoms with Gasteiger partial charge < -0.3 is 20.1 Å². The molecule has 2 amide bonds. The summed E-state index contributed by atoms with van der Waals surface area (Å²) in [7, 11) is 0. The molecular weight excluding hydrogens is 256 g/mol. The van der Waals surface area contributed by atoms with Gasteiger partial charge in [-0.15, -0.1) is 0 Å². The lowest BCUT2D eigenvalue weighted by Gasteiger charge is -2.29. The summed E-state index contributed by atoms with van der Waals surface area (Å²) in [6.07, 6.45) is 0. The third-order valence-electron chi connectivity index (χ3n) is 3.11. The number of amides is 2. The smallest absolute Gasteiger partial charge is 0.315 e. The van der Waals surface area contributed by atoms with E-state index in [0.29, 0.717) is 13.2 Å². The van der Waals surface area contributed by atoms with Crippen molar-refractivity contribution in [2.45, 2.75) is 39.3 Å². The molecule has 0 saturated heterocycles. The number of carbonyl (C=O) groups excluding carboxylic acids is 1. The van der Waals surface area contributed by atoms with Crippen LogP contribution in [0.15, 0.2) is 18.2 Å². The van der Waals surface area contributed by atoms with E-state index in [9.17, 15) is 4.79 Å². The van der Waals surface area contributed by atoms with Gasteiger partial charge in [-0.25, -0.2) is 4.79 Å². The SMILES string of the molecule is CC(C)NC(=O)NC(C)(C)c1ccc2c(c1)OCCO2. The molecule has 0 bridgehead atoms. The number of urea groups is 1. The van der Waals surface area contributed by atoms with Crippen LogP contribution < -0.4 is 20.1 Å². The van der Waals surface area contributed by atoms with E-state index in [2.05, 4.69) is 10.6 Å². The molecular formula is C15H22N2O3. The van der Waals surface area contributed by atoms with E-state index in [0.717, 1.165) is 17.1 Å². The van der Waals surface area contributed by atoms with Crippen molar-refractivity contribution in [1.29, 1.82) is 0 Å². The number of hydrogen-bond donors (Lipinski definition) is 2. The fourth-order valence-electron chi connectivity index (χ4n) is 2.09. The van der Waals surface area contributed by atoms with Crippen LogP contribution in [-0.4, -0.2) is 25.3 Å². The van der Waals surface area contributed by atoms with Crippen LogP contribution in [0.4, 0.5) is 4.79 Å². The normalized spacial score (nSPS) is 14.1. The van der Waals surface area contributed by atoms with Crippen LogP contribution in [0, 0.1) is 0 Å². The first-order chi connectivity index (χ1) is 9.38. The lowest BCUT2D eigenvalue weighted by atomic mass is 9.94. The summed E-state index contributed by atoms with van der Waals surface area (Å²) >= 11 is 0. The number of carbonyl (C=O) groups is 1. The van der Waals surface area contributed by atoms with Gasteiger partial charge >= 0.3 is 6.03 Å². The predicted molar refractivity (Wildman–Crippen MR) is 77.3 cm³/mol. The summed E-state index contributed by atoms with van der Waals surface area (Å²) in [5, 5.41) is 5.79. The average Bonchev–Trinajstić information content (AvgIpc) is 2.36. The molecule has 5 heteroatoms. The van der Waals surface area contributed by atoms with Crippen molar-refractivity contribution < 1.29 is 14.3 Å². The van der Waals surface area contributed by atoms with Crippen LogP contribution in [0.1, 0.15) is 33.3 Å². The number of nitrogens with one attached hydrogen (secondary N) is 2. The highest BCUT2D eigenvalue weighted by Gasteiger charge is 2.25. The number of fused-ring (bicyclic) bond motifs is 1. The second kappa shape index (κ2) is 5.61. The van der Waals surface area contributed by atoms with Crippen LogP contribution in [0.2, 0.25) is 0 Å². The van der Waals surface area contributed by atoms with Crippen LogP contribution in [0.5, 0.6) is 11.5 Å². The van der Waals surface area contributed by atoms with E-state index in [1.54, 1.807) is 0 Å². The summed E-state index contributed by atoms with van der Waals surface area (Å²) in [6.45, 7) is 8.90. The molecule has 1 aliphatic heterocycles. The van der Waals surface area contributed by atoms with E-state index < -0.39 is 5.54 Å². The number of ether oxygens (including phenoxy) is 2. The Kier molecular flexibility index (Phi) is 4.06. The van der Waals surface area contributed by atoms with Crippen LogP contribution in [-0.2, 0) is 5.54 Å². The molecule has 1 aromatic rings. The predicted octanol–water partition coefficient (Wildman–Crippen LogP) is 2.40. The minimum absolute atomic E-state index is 0.103. The Morgan fingerprint density at radius 1 is 1.20 bits per heavy atom. The van der Waals surface area contributed by atoms with Crippen molar-refractivity contribution in [1.82, 2.24) is 10.6 Å². The summed E-state index contributed by atoms with van der Waals surface area (Å²) in [4.78, 5) is 11.9. The van der Waals surface area contributed by atoms with Crippen LogP contribution >= 0.6 is 0 Å². The third kappa shape index (κ3) is 3.35. The molecule has 20 heavy (non-hydrogen) atoms. The van der Waals surface area contributed by atoms with Gasteiger partial charge in [-0.05, 0) is 45.4 Å². The Balaban J connectivity index is 2.14. The maximum Gasteiger partial charge on any atom is 0.315 e. The van der Waals surface area contributed by atoms with E-state index in [4.69, 9.17) is 9.47 Å². The largest absolute Gasteiger partial charge is 0.486 e. The van der Waals surface area contributed by atoms with E-state index in [-0.39, 0.29) is 12.1 Å². The molecule has 0 unspecified atom stereocenters. The Morgan fingerprint density at radius 2 is 1.85 bits per heavy atom. The highest BCUT2D eigenvalue weighted by Crippen LogP contribution is 2.34. The minimum atomic E-state index is -0.491. The fourth-order valence-corrected chi connectivity index (χ4v) is 2.09. The zero-order valence-corrected chi connectivity index (χ0v) is 12.4. The molecule has 0 spiro atoms. The number of hydrogen-bond acceptors (Lipinski definition) is 3. The molecule has 0 atom stereocenters. The first-order valence-electron chi connectivity index (χ1n) is 6.87. The monoisotopic (exact) mass is 278 g/mol. The summed E-state index contributed by atoms with van der Waals surface area (Å²) in [5.41, 5.74) is 0.482. The fraction of sp³-hybridized carbons (Fsp3) is 0.533.